The Bertz CT molecular complexity index is 494. The van der Waals surface area contributed by atoms with E-state index < -0.39 is 23.0 Å². The number of benzene rings is 1. The van der Waals surface area contributed by atoms with Crippen molar-refractivity contribution in [2.75, 3.05) is 0 Å². The van der Waals surface area contributed by atoms with Gasteiger partial charge in [0, 0.05) is 0 Å². The Morgan fingerprint density at radius 1 is 1.35 bits per heavy atom. The first kappa shape index (κ1) is 15.2. The molecular formula is C15H20O4S. The molecule has 0 bridgehead atoms. The van der Waals surface area contributed by atoms with Crippen LogP contribution in [0.25, 0.3) is 0 Å². The molecule has 0 aliphatic heterocycles. The lowest BCUT2D eigenvalue weighted by molar-refractivity contribution is -0.139. The maximum Gasteiger partial charge on any atom is 0.310 e. The van der Waals surface area contributed by atoms with Gasteiger partial charge in [-0.15, -0.1) is 0 Å². The van der Waals surface area contributed by atoms with Crippen molar-refractivity contribution in [3.8, 4) is 0 Å². The number of carboxylic acids is 1. The summed E-state index contributed by atoms with van der Waals surface area (Å²) in [5.41, 5.74) is 1.45. The van der Waals surface area contributed by atoms with Gasteiger partial charge in [-0.1, -0.05) is 49.9 Å². The molecule has 1 aliphatic carbocycles. The van der Waals surface area contributed by atoms with Crippen LogP contribution in [0.2, 0.25) is 0 Å². The first-order valence-electron chi connectivity index (χ1n) is 6.95. The number of aliphatic carboxylic acids is 1. The number of rotatable bonds is 6. The Hall–Kier alpha value is -1.20. The van der Waals surface area contributed by atoms with Crippen LogP contribution < -0.4 is 0 Å². The van der Waals surface area contributed by atoms with Gasteiger partial charge in [0.1, 0.15) is 0 Å². The van der Waals surface area contributed by atoms with Crippen LogP contribution in [0.1, 0.15) is 49.1 Å². The average molecular weight is 296 g/mol. The SMILES string of the molecule is O=C(O)[C@H](CC1CCCC1)c1cccc(CS(=O)O)c1. The normalized spacial score (nSPS) is 18.9. The van der Waals surface area contributed by atoms with Crippen LogP contribution >= 0.6 is 0 Å². The molecule has 1 aromatic rings. The summed E-state index contributed by atoms with van der Waals surface area (Å²) in [5, 5.41) is 9.45. The van der Waals surface area contributed by atoms with Crippen LogP contribution in [-0.2, 0) is 21.6 Å². The van der Waals surface area contributed by atoms with Crippen LogP contribution in [0.15, 0.2) is 24.3 Å². The summed E-state index contributed by atoms with van der Waals surface area (Å²) in [4.78, 5) is 11.5. The molecule has 1 aromatic carbocycles. The molecular weight excluding hydrogens is 276 g/mol. The highest BCUT2D eigenvalue weighted by Gasteiger charge is 2.26. The third-order valence-electron chi connectivity index (χ3n) is 3.99. The molecule has 110 valence electrons. The third kappa shape index (κ3) is 4.15. The van der Waals surface area contributed by atoms with Gasteiger partial charge in [0.2, 0.25) is 0 Å². The summed E-state index contributed by atoms with van der Waals surface area (Å²) >= 11 is -1.90. The van der Waals surface area contributed by atoms with Crippen molar-refractivity contribution in [3.63, 3.8) is 0 Å². The minimum Gasteiger partial charge on any atom is -0.481 e. The number of hydrogen-bond donors (Lipinski definition) is 2. The Kier molecular flexibility index (Phi) is 5.31. The highest BCUT2D eigenvalue weighted by molar-refractivity contribution is 7.78. The molecule has 1 unspecified atom stereocenters. The first-order chi connectivity index (χ1) is 9.56. The van der Waals surface area contributed by atoms with Crippen LogP contribution in [0.4, 0.5) is 0 Å². The smallest absolute Gasteiger partial charge is 0.310 e. The van der Waals surface area contributed by atoms with E-state index in [-0.39, 0.29) is 5.75 Å². The zero-order valence-corrected chi connectivity index (χ0v) is 12.1. The largest absolute Gasteiger partial charge is 0.481 e. The number of hydrogen-bond acceptors (Lipinski definition) is 2. The molecule has 0 amide bonds. The molecule has 0 heterocycles. The van der Waals surface area contributed by atoms with Crippen LogP contribution in [0.3, 0.4) is 0 Å². The van der Waals surface area contributed by atoms with Gasteiger partial charge in [0.15, 0.2) is 11.1 Å². The highest BCUT2D eigenvalue weighted by Crippen LogP contribution is 2.34. The van der Waals surface area contributed by atoms with E-state index in [1.165, 1.54) is 12.8 Å². The van der Waals surface area contributed by atoms with Crippen LogP contribution in [-0.4, -0.2) is 19.8 Å². The molecule has 1 aliphatic rings. The van der Waals surface area contributed by atoms with Gasteiger partial charge >= 0.3 is 5.97 Å². The molecule has 0 aromatic heterocycles. The molecule has 2 rings (SSSR count). The maximum atomic E-state index is 11.5. The van der Waals surface area contributed by atoms with Crippen molar-refractivity contribution in [3.05, 3.63) is 35.4 Å². The van der Waals surface area contributed by atoms with Gasteiger partial charge in [0.25, 0.3) is 0 Å². The minimum atomic E-state index is -1.90. The van der Waals surface area contributed by atoms with E-state index in [1.54, 1.807) is 24.3 Å². The second-order valence-corrected chi connectivity index (χ2v) is 6.42. The molecule has 4 nitrogen and oxygen atoms in total. The number of carboxylic acid groups (broad SMARTS) is 1. The quantitative estimate of drug-likeness (QED) is 0.791. The van der Waals surface area contributed by atoms with Gasteiger partial charge < -0.3 is 9.66 Å². The fraction of sp³-hybridized carbons (Fsp3) is 0.533. The molecule has 1 fully saturated rings. The van der Waals surface area contributed by atoms with Crippen molar-refractivity contribution >= 4 is 17.0 Å². The van der Waals surface area contributed by atoms with Crippen molar-refractivity contribution in [2.24, 2.45) is 5.92 Å². The number of carbonyl (C=O) groups is 1. The third-order valence-corrected chi connectivity index (χ3v) is 4.57. The van der Waals surface area contributed by atoms with Crippen molar-refractivity contribution in [1.82, 2.24) is 0 Å². The zero-order valence-electron chi connectivity index (χ0n) is 11.3. The Morgan fingerprint density at radius 2 is 2.05 bits per heavy atom. The monoisotopic (exact) mass is 296 g/mol. The van der Waals surface area contributed by atoms with E-state index in [0.717, 1.165) is 18.4 Å². The topological polar surface area (TPSA) is 74.6 Å². The summed E-state index contributed by atoms with van der Waals surface area (Å²) in [5.74, 6) is -0.778. The van der Waals surface area contributed by atoms with E-state index in [0.29, 0.717) is 17.9 Å². The van der Waals surface area contributed by atoms with E-state index >= 15 is 0 Å². The Labute approximate surface area is 121 Å². The molecule has 1 saturated carbocycles. The molecule has 2 atom stereocenters. The summed E-state index contributed by atoms with van der Waals surface area (Å²) in [6.45, 7) is 0. The van der Waals surface area contributed by atoms with E-state index in [1.807, 2.05) is 0 Å². The average Bonchev–Trinajstić information content (AvgIpc) is 2.88. The fourth-order valence-corrected chi connectivity index (χ4v) is 3.47. The van der Waals surface area contributed by atoms with Crippen molar-refractivity contribution < 1.29 is 18.7 Å². The van der Waals surface area contributed by atoms with Crippen LogP contribution in [0, 0.1) is 5.92 Å². The summed E-state index contributed by atoms with van der Waals surface area (Å²) in [6.07, 6.45) is 5.29. The predicted molar refractivity (Wildman–Crippen MR) is 77.9 cm³/mol. The van der Waals surface area contributed by atoms with Gasteiger partial charge in [0.05, 0.1) is 11.7 Å². The standard InChI is InChI=1S/C15H20O4S/c16-15(17)14(9-11-4-1-2-5-11)13-7-3-6-12(8-13)10-20(18)19/h3,6-8,11,14H,1-2,4-5,9-10H2,(H,16,17)(H,18,19)/t14-/m1/s1. The lowest BCUT2D eigenvalue weighted by atomic mass is 9.87. The van der Waals surface area contributed by atoms with E-state index in [9.17, 15) is 14.1 Å². The predicted octanol–water partition coefficient (Wildman–Crippen LogP) is 3.16. The second kappa shape index (κ2) is 6.99. The van der Waals surface area contributed by atoms with E-state index in [2.05, 4.69) is 0 Å². The van der Waals surface area contributed by atoms with Gasteiger partial charge in [-0.25, -0.2) is 4.21 Å². The van der Waals surface area contributed by atoms with Crippen LogP contribution in [0.5, 0.6) is 0 Å². The van der Waals surface area contributed by atoms with Gasteiger partial charge in [-0.05, 0) is 23.5 Å². The molecule has 0 saturated heterocycles. The Morgan fingerprint density at radius 3 is 2.65 bits per heavy atom. The maximum absolute atomic E-state index is 11.5. The Balaban J connectivity index is 2.15. The summed E-state index contributed by atoms with van der Waals surface area (Å²) in [7, 11) is 0. The first-order valence-corrected chi connectivity index (χ1v) is 8.23. The molecule has 2 N–H and O–H groups in total. The van der Waals surface area contributed by atoms with Crippen molar-refractivity contribution in [1.29, 1.82) is 0 Å². The molecule has 20 heavy (non-hydrogen) atoms. The van der Waals surface area contributed by atoms with Gasteiger partial charge in [-0.3, -0.25) is 4.79 Å². The van der Waals surface area contributed by atoms with E-state index in [4.69, 9.17) is 4.55 Å². The summed E-state index contributed by atoms with van der Waals surface area (Å²) in [6, 6.07) is 7.08. The lowest BCUT2D eigenvalue weighted by Crippen LogP contribution is -2.15. The fourth-order valence-electron chi connectivity index (χ4n) is 3.00. The van der Waals surface area contributed by atoms with Gasteiger partial charge in [-0.2, -0.15) is 0 Å². The summed E-state index contributed by atoms with van der Waals surface area (Å²) < 4.78 is 19.8. The van der Waals surface area contributed by atoms with Crippen molar-refractivity contribution in [2.45, 2.75) is 43.8 Å². The molecule has 0 radical (unpaired) electrons. The molecule has 5 heteroatoms. The zero-order chi connectivity index (χ0) is 14.5. The second-order valence-electron chi connectivity index (χ2n) is 5.49. The lowest BCUT2D eigenvalue weighted by Gasteiger charge is -2.17. The molecule has 0 spiro atoms. The minimum absolute atomic E-state index is 0.0452. The highest BCUT2D eigenvalue weighted by atomic mass is 32.2.